The highest BCUT2D eigenvalue weighted by molar-refractivity contribution is 5.30. The molecule has 0 aromatic rings. The molecule has 0 bridgehead atoms. The SMILES string of the molecule is C=C(C)[C@H]1CC[C@H]2[C@@H]3CC[C@@H]4C[C@@](O)(COCC)CC[C@]4(C)C3=CC[C@]12C. The molecule has 0 aliphatic heterocycles. The molecular weight excluding hydrogens is 332 g/mol. The molecule has 2 nitrogen and oxygen atoms in total. The number of rotatable bonds is 4. The van der Waals surface area contributed by atoms with Crippen molar-refractivity contribution in [3.8, 4) is 0 Å². The molecule has 27 heavy (non-hydrogen) atoms. The normalized spacial score (nSPS) is 49.0. The smallest absolute Gasteiger partial charge is 0.0883 e. The van der Waals surface area contributed by atoms with Gasteiger partial charge in [0.25, 0.3) is 0 Å². The van der Waals surface area contributed by atoms with Crippen LogP contribution < -0.4 is 0 Å². The van der Waals surface area contributed by atoms with Crippen LogP contribution in [-0.2, 0) is 4.74 Å². The first-order valence-electron chi connectivity index (χ1n) is 11.4. The molecule has 4 aliphatic rings. The Morgan fingerprint density at radius 2 is 2.00 bits per heavy atom. The highest BCUT2D eigenvalue weighted by Crippen LogP contribution is 2.66. The quantitative estimate of drug-likeness (QED) is 0.622. The lowest BCUT2D eigenvalue weighted by Crippen LogP contribution is -2.52. The molecule has 0 saturated heterocycles. The maximum atomic E-state index is 11.1. The van der Waals surface area contributed by atoms with Crippen LogP contribution in [0, 0.1) is 34.5 Å². The maximum absolute atomic E-state index is 11.1. The summed E-state index contributed by atoms with van der Waals surface area (Å²) in [5, 5.41) is 11.1. The minimum absolute atomic E-state index is 0.296. The van der Waals surface area contributed by atoms with Crippen LogP contribution in [0.25, 0.3) is 0 Å². The Hall–Kier alpha value is -0.600. The van der Waals surface area contributed by atoms with Crippen LogP contribution in [0.15, 0.2) is 23.8 Å². The second-order valence-electron chi connectivity index (χ2n) is 10.8. The van der Waals surface area contributed by atoms with Crippen LogP contribution in [0.1, 0.15) is 79.1 Å². The van der Waals surface area contributed by atoms with Gasteiger partial charge in [-0.05, 0) is 99.7 Å². The van der Waals surface area contributed by atoms with E-state index in [4.69, 9.17) is 4.74 Å². The van der Waals surface area contributed by atoms with E-state index < -0.39 is 5.60 Å². The first-order chi connectivity index (χ1) is 12.7. The Kier molecular flexibility index (Phi) is 4.91. The van der Waals surface area contributed by atoms with Crippen LogP contribution in [-0.4, -0.2) is 23.9 Å². The predicted octanol–water partition coefficient (Wildman–Crippen LogP) is 5.91. The summed E-state index contributed by atoms with van der Waals surface area (Å²) in [7, 11) is 0. The van der Waals surface area contributed by atoms with E-state index in [1.165, 1.54) is 37.7 Å². The van der Waals surface area contributed by atoms with Crippen molar-refractivity contribution in [2.45, 2.75) is 84.7 Å². The summed E-state index contributed by atoms with van der Waals surface area (Å²) < 4.78 is 5.63. The maximum Gasteiger partial charge on any atom is 0.0883 e. The van der Waals surface area contributed by atoms with Gasteiger partial charge in [-0.25, -0.2) is 0 Å². The van der Waals surface area contributed by atoms with Crippen molar-refractivity contribution in [2.75, 3.05) is 13.2 Å². The van der Waals surface area contributed by atoms with E-state index in [1.54, 1.807) is 5.57 Å². The third-order valence-corrected chi connectivity index (χ3v) is 9.35. The Morgan fingerprint density at radius 3 is 2.70 bits per heavy atom. The highest BCUT2D eigenvalue weighted by Gasteiger charge is 2.58. The summed E-state index contributed by atoms with van der Waals surface area (Å²) in [5.74, 6) is 2.92. The molecule has 0 aromatic heterocycles. The number of fused-ring (bicyclic) bond motifs is 5. The zero-order valence-electron chi connectivity index (χ0n) is 18.0. The first kappa shape index (κ1) is 19.7. The molecule has 7 atom stereocenters. The lowest BCUT2D eigenvalue weighted by Gasteiger charge is -2.58. The molecule has 0 amide bonds. The van der Waals surface area contributed by atoms with Gasteiger partial charge in [0.1, 0.15) is 0 Å². The molecule has 2 heteroatoms. The van der Waals surface area contributed by atoms with Crippen molar-refractivity contribution in [3.63, 3.8) is 0 Å². The van der Waals surface area contributed by atoms with Crippen LogP contribution in [0.4, 0.5) is 0 Å². The molecule has 4 rings (SSSR count). The average Bonchev–Trinajstić information content (AvgIpc) is 2.98. The summed E-state index contributed by atoms with van der Waals surface area (Å²) in [5.41, 5.74) is 3.28. The number of hydrogen-bond donors (Lipinski definition) is 1. The standard InChI is InChI=1S/C25H40O2/c1-6-27-16-25(26)14-13-23(4)18(15-25)7-8-19-21-10-9-20(17(2)3)24(21,5)12-11-22(19)23/h11,18-21,26H,2,6-10,12-16H2,1,3-5H3/t18-,19+,20-,21+,23+,24-,25-/m1/s1. The van der Waals surface area contributed by atoms with Crippen LogP contribution in [0.5, 0.6) is 0 Å². The van der Waals surface area contributed by atoms with E-state index >= 15 is 0 Å². The molecule has 152 valence electrons. The fraction of sp³-hybridized carbons (Fsp3) is 0.840. The fourth-order valence-electron chi connectivity index (χ4n) is 7.83. The topological polar surface area (TPSA) is 29.5 Å². The lowest BCUT2D eigenvalue weighted by molar-refractivity contribution is -0.112. The number of hydrogen-bond acceptors (Lipinski definition) is 2. The number of allylic oxidation sites excluding steroid dienone is 3. The van der Waals surface area contributed by atoms with Gasteiger partial charge in [0.2, 0.25) is 0 Å². The van der Waals surface area contributed by atoms with Crippen molar-refractivity contribution in [1.82, 2.24) is 0 Å². The molecule has 4 aliphatic carbocycles. The summed E-state index contributed by atoms with van der Waals surface area (Å²) in [6.45, 7) is 14.9. The van der Waals surface area contributed by atoms with Gasteiger partial charge in [0.15, 0.2) is 0 Å². The zero-order valence-corrected chi connectivity index (χ0v) is 18.0. The van der Waals surface area contributed by atoms with Gasteiger partial charge >= 0.3 is 0 Å². The summed E-state index contributed by atoms with van der Waals surface area (Å²) >= 11 is 0. The third-order valence-electron chi connectivity index (χ3n) is 9.35. The molecule has 0 spiro atoms. The van der Waals surface area contributed by atoms with E-state index in [-0.39, 0.29) is 0 Å². The van der Waals surface area contributed by atoms with Gasteiger partial charge in [0, 0.05) is 6.61 Å². The van der Waals surface area contributed by atoms with Crippen molar-refractivity contribution >= 4 is 0 Å². The van der Waals surface area contributed by atoms with Gasteiger partial charge < -0.3 is 9.84 Å². The summed E-state index contributed by atoms with van der Waals surface area (Å²) in [6, 6.07) is 0. The van der Waals surface area contributed by atoms with Crippen LogP contribution in [0.2, 0.25) is 0 Å². The van der Waals surface area contributed by atoms with E-state index in [0.29, 0.717) is 35.9 Å². The van der Waals surface area contributed by atoms with Gasteiger partial charge in [-0.2, -0.15) is 0 Å². The molecular formula is C25H40O2. The van der Waals surface area contributed by atoms with E-state index in [0.717, 1.165) is 31.1 Å². The third kappa shape index (κ3) is 2.97. The second-order valence-corrected chi connectivity index (χ2v) is 10.8. The van der Waals surface area contributed by atoms with Crippen molar-refractivity contribution in [1.29, 1.82) is 0 Å². The monoisotopic (exact) mass is 372 g/mol. The number of aliphatic hydroxyl groups is 1. The van der Waals surface area contributed by atoms with Crippen molar-refractivity contribution in [2.24, 2.45) is 34.5 Å². The summed E-state index contributed by atoms with van der Waals surface area (Å²) in [4.78, 5) is 0. The Balaban J connectivity index is 1.59. The molecule has 3 saturated carbocycles. The zero-order chi connectivity index (χ0) is 19.4. The Bertz CT molecular complexity index is 636. The van der Waals surface area contributed by atoms with Gasteiger partial charge in [-0.3, -0.25) is 0 Å². The van der Waals surface area contributed by atoms with E-state index in [2.05, 4.69) is 33.4 Å². The molecule has 3 fully saturated rings. The Morgan fingerprint density at radius 1 is 1.22 bits per heavy atom. The fourth-order valence-corrected chi connectivity index (χ4v) is 7.83. The molecule has 0 aromatic carbocycles. The molecule has 0 heterocycles. The molecule has 0 unspecified atom stereocenters. The predicted molar refractivity (Wildman–Crippen MR) is 111 cm³/mol. The van der Waals surface area contributed by atoms with Gasteiger partial charge in [0.05, 0.1) is 12.2 Å². The van der Waals surface area contributed by atoms with E-state index in [9.17, 15) is 5.11 Å². The van der Waals surface area contributed by atoms with Gasteiger partial charge in [-0.1, -0.05) is 37.6 Å². The van der Waals surface area contributed by atoms with Crippen molar-refractivity contribution in [3.05, 3.63) is 23.8 Å². The minimum atomic E-state index is -0.602. The van der Waals surface area contributed by atoms with Crippen LogP contribution >= 0.6 is 0 Å². The first-order valence-corrected chi connectivity index (χ1v) is 11.4. The van der Waals surface area contributed by atoms with Crippen molar-refractivity contribution < 1.29 is 9.84 Å². The summed E-state index contributed by atoms with van der Waals surface area (Å²) in [6.07, 6.45) is 12.1. The van der Waals surface area contributed by atoms with Gasteiger partial charge in [-0.15, -0.1) is 0 Å². The van der Waals surface area contributed by atoms with Crippen LogP contribution in [0.3, 0.4) is 0 Å². The minimum Gasteiger partial charge on any atom is -0.387 e. The second kappa shape index (κ2) is 6.73. The molecule has 1 N–H and O–H groups in total. The van der Waals surface area contributed by atoms with E-state index in [1.807, 2.05) is 6.92 Å². The average molecular weight is 373 g/mol. The lowest BCUT2D eigenvalue weighted by atomic mass is 9.47. The number of ether oxygens (including phenoxy) is 1. The molecule has 0 radical (unpaired) electrons. The largest absolute Gasteiger partial charge is 0.387 e. The highest BCUT2D eigenvalue weighted by atomic mass is 16.5. The Labute approximate surface area is 166 Å².